The van der Waals surface area contributed by atoms with E-state index in [9.17, 15) is 0 Å². The minimum atomic E-state index is 0.661. The van der Waals surface area contributed by atoms with Crippen LogP contribution in [0.15, 0.2) is 36.5 Å². The van der Waals surface area contributed by atoms with E-state index >= 15 is 0 Å². The van der Waals surface area contributed by atoms with Gasteiger partial charge in [-0.1, -0.05) is 18.2 Å². The summed E-state index contributed by atoms with van der Waals surface area (Å²) in [6.45, 7) is 1.38. The SMILES string of the molecule is COCCCOc1cnc2ccccc2c1. The minimum absolute atomic E-state index is 0.661. The van der Waals surface area contributed by atoms with E-state index in [-0.39, 0.29) is 0 Å². The first-order valence-corrected chi connectivity index (χ1v) is 5.36. The number of hydrogen-bond acceptors (Lipinski definition) is 3. The Bertz CT molecular complexity index is 456. The zero-order valence-electron chi connectivity index (χ0n) is 9.35. The summed E-state index contributed by atoms with van der Waals surface area (Å²) < 4.78 is 10.5. The molecule has 1 aromatic carbocycles. The van der Waals surface area contributed by atoms with Crippen molar-refractivity contribution in [3.05, 3.63) is 36.5 Å². The zero-order valence-corrected chi connectivity index (χ0v) is 9.35. The van der Waals surface area contributed by atoms with Crippen molar-refractivity contribution in [2.45, 2.75) is 6.42 Å². The molecule has 3 nitrogen and oxygen atoms in total. The van der Waals surface area contributed by atoms with Gasteiger partial charge in [0.2, 0.25) is 0 Å². The molecule has 0 aliphatic rings. The summed E-state index contributed by atoms with van der Waals surface area (Å²) in [5.41, 5.74) is 0.992. The van der Waals surface area contributed by atoms with Crippen LogP contribution < -0.4 is 4.74 Å². The molecule has 0 aliphatic heterocycles. The van der Waals surface area contributed by atoms with E-state index in [4.69, 9.17) is 9.47 Å². The van der Waals surface area contributed by atoms with Crippen LogP contribution in [0.5, 0.6) is 5.75 Å². The van der Waals surface area contributed by atoms with Crippen LogP contribution >= 0.6 is 0 Å². The molecule has 2 aromatic rings. The van der Waals surface area contributed by atoms with Crippen LogP contribution in [0.2, 0.25) is 0 Å². The first-order chi connectivity index (χ1) is 7.90. The number of fused-ring (bicyclic) bond motifs is 1. The number of hydrogen-bond donors (Lipinski definition) is 0. The molecule has 0 N–H and O–H groups in total. The number of ether oxygens (including phenoxy) is 2. The number of nitrogens with zero attached hydrogens (tertiary/aromatic N) is 1. The lowest BCUT2D eigenvalue weighted by Gasteiger charge is -2.06. The third-order valence-corrected chi connectivity index (χ3v) is 2.33. The van der Waals surface area contributed by atoms with E-state index in [1.54, 1.807) is 13.3 Å². The molecular weight excluding hydrogens is 202 g/mol. The molecule has 0 spiro atoms. The highest BCUT2D eigenvalue weighted by molar-refractivity contribution is 5.79. The first kappa shape index (κ1) is 10.9. The number of benzene rings is 1. The molecule has 1 aromatic heterocycles. The second-order valence-electron chi connectivity index (χ2n) is 3.56. The molecule has 16 heavy (non-hydrogen) atoms. The molecule has 0 atom stereocenters. The molecule has 0 amide bonds. The van der Waals surface area contributed by atoms with Crippen LogP contribution in [-0.4, -0.2) is 25.3 Å². The number of aromatic nitrogens is 1. The van der Waals surface area contributed by atoms with Gasteiger partial charge in [0.1, 0.15) is 5.75 Å². The van der Waals surface area contributed by atoms with Gasteiger partial charge in [0, 0.05) is 25.5 Å². The molecule has 0 saturated carbocycles. The third kappa shape index (κ3) is 2.70. The van der Waals surface area contributed by atoms with E-state index < -0.39 is 0 Å². The van der Waals surface area contributed by atoms with Gasteiger partial charge in [-0.15, -0.1) is 0 Å². The quantitative estimate of drug-likeness (QED) is 0.721. The van der Waals surface area contributed by atoms with Crippen LogP contribution in [0.4, 0.5) is 0 Å². The average Bonchev–Trinajstić information content (AvgIpc) is 2.34. The van der Waals surface area contributed by atoms with Gasteiger partial charge in [0.15, 0.2) is 0 Å². The molecule has 0 fully saturated rings. The maximum absolute atomic E-state index is 5.57. The lowest BCUT2D eigenvalue weighted by atomic mass is 10.2. The third-order valence-electron chi connectivity index (χ3n) is 2.33. The predicted octanol–water partition coefficient (Wildman–Crippen LogP) is 2.65. The Morgan fingerprint density at radius 1 is 1.19 bits per heavy atom. The fraction of sp³-hybridized carbons (Fsp3) is 0.308. The Hall–Kier alpha value is -1.61. The normalized spacial score (nSPS) is 10.6. The van der Waals surface area contributed by atoms with Crippen molar-refractivity contribution in [3.8, 4) is 5.75 Å². The highest BCUT2D eigenvalue weighted by Crippen LogP contribution is 2.17. The Morgan fingerprint density at radius 2 is 2.06 bits per heavy atom. The van der Waals surface area contributed by atoms with Crippen molar-refractivity contribution >= 4 is 10.9 Å². The van der Waals surface area contributed by atoms with Gasteiger partial charge in [0.25, 0.3) is 0 Å². The summed E-state index contributed by atoms with van der Waals surface area (Å²) in [7, 11) is 1.69. The van der Waals surface area contributed by atoms with Crippen LogP contribution in [0.1, 0.15) is 6.42 Å². The highest BCUT2D eigenvalue weighted by atomic mass is 16.5. The monoisotopic (exact) mass is 217 g/mol. The molecule has 84 valence electrons. The molecule has 0 aliphatic carbocycles. The first-order valence-electron chi connectivity index (χ1n) is 5.36. The summed E-state index contributed by atoms with van der Waals surface area (Å²) in [5, 5.41) is 1.10. The molecule has 3 heteroatoms. The molecule has 2 rings (SSSR count). The number of pyridine rings is 1. The summed E-state index contributed by atoms with van der Waals surface area (Å²) in [6, 6.07) is 10.0. The fourth-order valence-electron chi connectivity index (χ4n) is 1.52. The van der Waals surface area contributed by atoms with Gasteiger partial charge >= 0.3 is 0 Å². The van der Waals surface area contributed by atoms with Gasteiger partial charge in [-0.25, -0.2) is 0 Å². The van der Waals surface area contributed by atoms with Crippen molar-refractivity contribution in [2.24, 2.45) is 0 Å². The number of methoxy groups -OCH3 is 1. The van der Waals surface area contributed by atoms with Crippen LogP contribution in [0.25, 0.3) is 10.9 Å². The topological polar surface area (TPSA) is 31.4 Å². The Kier molecular flexibility index (Phi) is 3.72. The second-order valence-corrected chi connectivity index (χ2v) is 3.56. The van der Waals surface area contributed by atoms with Crippen molar-refractivity contribution < 1.29 is 9.47 Å². The van der Waals surface area contributed by atoms with E-state index in [0.29, 0.717) is 6.61 Å². The summed E-state index contributed by atoms with van der Waals surface area (Å²) in [6.07, 6.45) is 2.65. The smallest absolute Gasteiger partial charge is 0.138 e. The lowest BCUT2D eigenvalue weighted by molar-refractivity contribution is 0.172. The van der Waals surface area contributed by atoms with Gasteiger partial charge < -0.3 is 9.47 Å². The van der Waals surface area contributed by atoms with Gasteiger partial charge in [-0.05, 0) is 12.1 Å². The molecule has 1 heterocycles. The van der Waals surface area contributed by atoms with Gasteiger partial charge in [-0.2, -0.15) is 0 Å². The minimum Gasteiger partial charge on any atom is -0.492 e. The van der Waals surface area contributed by atoms with E-state index in [1.165, 1.54) is 0 Å². The fourth-order valence-corrected chi connectivity index (χ4v) is 1.52. The molecule has 0 radical (unpaired) electrons. The van der Waals surface area contributed by atoms with Crippen molar-refractivity contribution in [1.82, 2.24) is 4.98 Å². The summed E-state index contributed by atoms with van der Waals surface area (Å²) in [4.78, 5) is 4.32. The van der Waals surface area contributed by atoms with E-state index in [1.807, 2.05) is 30.3 Å². The second kappa shape index (κ2) is 5.47. The molecule has 0 unspecified atom stereocenters. The van der Waals surface area contributed by atoms with Crippen molar-refractivity contribution in [1.29, 1.82) is 0 Å². The predicted molar refractivity (Wildman–Crippen MR) is 63.7 cm³/mol. The Morgan fingerprint density at radius 3 is 2.94 bits per heavy atom. The van der Waals surface area contributed by atoms with Crippen molar-refractivity contribution in [2.75, 3.05) is 20.3 Å². The van der Waals surface area contributed by atoms with Crippen molar-refractivity contribution in [3.63, 3.8) is 0 Å². The lowest BCUT2D eigenvalue weighted by Crippen LogP contribution is -2.01. The maximum atomic E-state index is 5.57. The van der Waals surface area contributed by atoms with E-state index in [2.05, 4.69) is 4.98 Å². The number of para-hydroxylation sites is 1. The molecular formula is C13H15NO2. The molecule has 0 bridgehead atoms. The van der Waals surface area contributed by atoms with Crippen LogP contribution in [-0.2, 0) is 4.74 Å². The highest BCUT2D eigenvalue weighted by Gasteiger charge is 1.97. The van der Waals surface area contributed by atoms with E-state index in [0.717, 1.165) is 29.7 Å². The standard InChI is InChI=1S/C13H15NO2/c1-15-7-4-8-16-12-9-11-5-2-3-6-13(11)14-10-12/h2-3,5-6,9-10H,4,7-8H2,1H3. The largest absolute Gasteiger partial charge is 0.492 e. The van der Waals surface area contributed by atoms with Gasteiger partial charge in [-0.3, -0.25) is 4.98 Å². The summed E-state index contributed by atoms with van der Waals surface area (Å²) in [5.74, 6) is 0.815. The van der Waals surface area contributed by atoms with Crippen LogP contribution in [0, 0.1) is 0 Å². The summed E-state index contributed by atoms with van der Waals surface area (Å²) >= 11 is 0. The maximum Gasteiger partial charge on any atom is 0.138 e. The Labute approximate surface area is 95.0 Å². The Balaban J connectivity index is 2.02. The van der Waals surface area contributed by atoms with Gasteiger partial charge in [0.05, 0.1) is 18.3 Å². The molecule has 0 saturated heterocycles. The van der Waals surface area contributed by atoms with Crippen LogP contribution in [0.3, 0.4) is 0 Å². The number of rotatable bonds is 5. The zero-order chi connectivity index (χ0) is 11.2. The average molecular weight is 217 g/mol.